The van der Waals surface area contributed by atoms with Gasteiger partial charge in [-0.25, -0.2) is 0 Å². The van der Waals surface area contributed by atoms with Gasteiger partial charge in [0.15, 0.2) is 0 Å². The number of aromatic nitrogens is 2. The molecule has 0 radical (unpaired) electrons. The first kappa shape index (κ1) is 9.71. The number of nitrogens with zero attached hydrogens (tertiary/aromatic N) is 2. The molecule has 0 unspecified atom stereocenters. The van der Waals surface area contributed by atoms with Crippen LogP contribution in [0.3, 0.4) is 0 Å². The van der Waals surface area contributed by atoms with Gasteiger partial charge in [-0.3, -0.25) is 4.68 Å². The Bertz CT molecular complexity index is 286. The maximum Gasteiger partial charge on any atom is 0.0522 e. The average molecular weight is 193 g/mol. The van der Waals surface area contributed by atoms with Gasteiger partial charge in [0.2, 0.25) is 0 Å². The van der Waals surface area contributed by atoms with Gasteiger partial charge in [-0.05, 0) is 24.8 Å². The van der Waals surface area contributed by atoms with E-state index >= 15 is 0 Å². The van der Waals surface area contributed by atoms with E-state index in [9.17, 15) is 0 Å². The van der Waals surface area contributed by atoms with E-state index in [0.29, 0.717) is 5.92 Å². The molecule has 0 spiro atoms. The van der Waals surface area contributed by atoms with Crippen LogP contribution in [0.25, 0.3) is 0 Å². The highest BCUT2D eigenvalue weighted by Crippen LogP contribution is 2.19. The summed E-state index contributed by atoms with van der Waals surface area (Å²) in [6, 6.07) is 2.88. The van der Waals surface area contributed by atoms with Crippen LogP contribution in [0, 0.1) is 5.92 Å². The Morgan fingerprint density at radius 2 is 2.36 bits per heavy atom. The number of hydrogen-bond donors (Lipinski definition) is 1. The van der Waals surface area contributed by atoms with Crippen molar-refractivity contribution in [3.05, 3.63) is 18.0 Å². The molecular weight excluding hydrogens is 174 g/mol. The van der Waals surface area contributed by atoms with E-state index in [1.807, 2.05) is 6.20 Å². The molecule has 78 valence electrons. The molecule has 1 aromatic rings. The van der Waals surface area contributed by atoms with E-state index in [0.717, 1.165) is 19.1 Å². The zero-order valence-electron chi connectivity index (χ0n) is 9.03. The highest BCUT2D eigenvalue weighted by Gasteiger charge is 2.20. The van der Waals surface area contributed by atoms with Crippen molar-refractivity contribution in [1.29, 1.82) is 0 Å². The molecule has 1 N–H and O–H groups in total. The molecular formula is C11H19N3. The molecule has 0 bridgehead atoms. The van der Waals surface area contributed by atoms with Gasteiger partial charge in [-0.1, -0.05) is 13.8 Å². The highest BCUT2D eigenvalue weighted by molar-refractivity contribution is 5.01. The third kappa shape index (κ3) is 2.58. The van der Waals surface area contributed by atoms with Crippen molar-refractivity contribution in [2.24, 2.45) is 5.92 Å². The molecule has 3 heteroatoms. The minimum atomic E-state index is 0.662. The fourth-order valence-corrected chi connectivity index (χ4v) is 1.56. The lowest BCUT2D eigenvalue weighted by molar-refractivity contribution is 0.461. The first-order chi connectivity index (χ1) is 6.75. The van der Waals surface area contributed by atoms with Gasteiger partial charge in [0.1, 0.15) is 0 Å². The summed E-state index contributed by atoms with van der Waals surface area (Å²) in [6.45, 7) is 6.44. The summed E-state index contributed by atoms with van der Waals surface area (Å²) in [5.74, 6) is 0.662. The van der Waals surface area contributed by atoms with E-state index in [1.54, 1.807) is 0 Å². The van der Waals surface area contributed by atoms with Gasteiger partial charge in [0.25, 0.3) is 0 Å². The van der Waals surface area contributed by atoms with E-state index in [2.05, 4.69) is 35.0 Å². The Hall–Kier alpha value is -0.830. The van der Waals surface area contributed by atoms with Crippen molar-refractivity contribution < 1.29 is 0 Å². The molecule has 0 atom stereocenters. The van der Waals surface area contributed by atoms with E-state index in [1.165, 1.54) is 18.5 Å². The third-order valence-corrected chi connectivity index (χ3v) is 2.49. The normalized spacial score (nSPS) is 16.5. The lowest BCUT2D eigenvalue weighted by Crippen LogP contribution is -2.19. The molecule has 0 amide bonds. The number of rotatable bonds is 5. The fraction of sp³-hybridized carbons (Fsp3) is 0.727. The van der Waals surface area contributed by atoms with Crippen LogP contribution in [0.4, 0.5) is 0 Å². The summed E-state index contributed by atoms with van der Waals surface area (Å²) in [7, 11) is 0. The topological polar surface area (TPSA) is 29.9 Å². The van der Waals surface area contributed by atoms with Crippen molar-refractivity contribution in [3.8, 4) is 0 Å². The minimum absolute atomic E-state index is 0.662. The molecule has 0 saturated heterocycles. The molecule has 0 aliphatic heterocycles. The minimum Gasteiger partial charge on any atom is -0.308 e. The number of hydrogen-bond acceptors (Lipinski definition) is 2. The van der Waals surface area contributed by atoms with Crippen molar-refractivity contribution in [3.63, 3.8) is 0 Å². The second kappa shape index (κ2) is 4.13. The monoisotopic (exact) mass is 193 g/mol. The maximum atomic E-state index is 4.33. The maximum absolute atomic E-state index is 4.33. The first-order valence-electron chi connectivity index (χ1n) is 5.50. The van der Waals surface area contributed by atoms with Crippen LogP contribution in [0.1, 0.15) is 32.4 Å². The lowest BCUT2D eigenvalue weighted by atomic mass is 10.2. The van der Waals surface area contributed by atoms with Gasteiger partial charge >= 0.3 is 0 Å². The van der Waals surface area contributed by atoms with Crippen LogP contribution >= 0.6 is 0 Å². The third-order valence-electron chi connectivity index (χ3n) is 2.49. The van der Waals surface area contributed by atoms with Crippen molar-refractivity contribution in [2.75, 3.05) is 0 Å². The highest BCUT2D eigenvalue weighted by atomic mass is 15.3. The van der Waals surface area contributed by atoms with Crippen LogP contribution < -0.4 is 5.32 Å². The van der Waals surface area contributed by atoms with Crippen LogP contribution in [-0.2, 0) is 13.1 Å². The molecule has 14 heavy (non-hydrogen) atoms. The van der Waals surface area contributed by atoms with Crippen LogP contribution in [0.15, 0.2) is 12.3 Å². The summed E-state index contributed by atoms with van der Waals surface area (Å²) in [6.07, 6.45) is 4.59. The predicted octanol–water partition coefficient (Wildman–Crippen LogP) is 1.79. The standard InChI is InChI=1S/C11H19N3/c1-9(2)8-14-11(5-6-13-14)7-12-10-3-4-10/h5-6,9-10,12H,3-4,7-8H2,1-2H3. The zero-order chi connectivity index (χ0) is 9.97. The van der Waals surface area contributed by atoms with Gasteiger partial charge in [0, 0.05) is 25.3 Å². The Kier molecular flexibility index (Phi) is 2.87. The molecule has 1 aliphatic rings. The molecule has 1 saturated carbocycles. The van der Waals surface area contributed by atoms with Crippen molar-refractivity contribution >= 4 is 0 Å². The summed E-state index contributed by atoms with van der Waals surface area (Å²) >= 11 is 0. The van der Waals surface area contributed by atoms with Crippen molar-refractivity contribution in [1.82, 2.24) is 15.1 Å². The van der Waals surface area contributed by atoms with Crippen molar-refractivity contribution in [2.45, 2.75) is 45.8 Å². The zero-order valence-corrected chi connectivity index (χ0v) is 9.03. The van der Waals surface area contributed by atoms with Crippen LogP contribution in [0.2, 0.25) is 0 Å². The quantitative estimate of drug-likeness (QED) is 0.772. The van der Waals surface area contributed by atoms with E-state index in [4.69, 9.17) is 0 Å². The molecule has 3 nitrogen and oxygen atoms in total. The Morgan fingerprint density at radius 1 is 1.57 bits per heavy atom. The second-order valence-electron chi connectivity index (χ2n) is 4.55. The molecule has 1 aliphatic carbocycles. The first-order valence-corrected chi connectivity index (χ1v) is 5.50. The van der Waals surface area contributed by atoms with Gasteiger partial charge in [-0.15, -0.1) is 0 Å². The lowest BCUT2D eigenvalue weighted by Gasteiger charge is -2.10. The largest absolute Gasteiger partial charge is 0.308 e. The number of nitrogens with one attached hydrogen (secondary N) is 1. The van der Waals surface area contributed by atoms with Gasteiger partial charge < -0.3 is 5.32 Å². The van der Waals surface area contributed by atoms with Crippen LogP contribution in [-0.4, -0.2) is 15.8 Å². The summed E-state index contributed by atoms with van der Waals surface area (Å²) < 4.78 is 2.11. The Labute approximate surface area is 85.5 Å². The SMILES string of the molecule is CC(C)Cn1nccc1CNC1CC1. The summed E-state index contributed by atoms with van der Waals surface area (Å²) in [4.78, 5) is 0. The van der Waals surface area contributed by atoms with Gasteiger partial charge in [-0.2, -0.15) is 5.10 Å². The molecule has 1 aromatic heterocycles. The predicted molar refractivity (Wildman–Crippen MR) is 56.9 cm³/mol. The summed E-state index contributed by atoms with van der Waals surface area (Å²) in [5, 5.41) is 7.84. The Morgan fingerprint density at radius 3 is 3.00 bits per heavy atom. The molecule has 2 rings (SSSR count). The van der Waals surface area contributed by atoms with Gasteiger partial charge in [0.05, 0.1) is 5.69 Å². The molecule has 1 heterocycles. The smallest absolute Gasteiger partial charge is 0.0522 e. The fourth-order valence-electron chi connectivity index (χ4n) is 1.56. The summed E-state index contributed by atoms with van der Waals surface area (Å²) in [5.41, 5.74) is 1.31. The molecule has 1 fully saturated rings. The molecule has 0 aromatic carbocycles. The van der Waals surface area contributed by atoms with Crippen LogP contribution in [0.5, 0.6) is 0 Å². The van der Waals surface area contributed by atoms with E-state index < -0.39 is 0 Å². The second-order valence-corrected chi connectivity index (χ2v) is 4.55. The Balaban J connectivity index is 1.90. The average Bonchev–Trinajstić information content (AvgIpc) is 2.85. The van der Waals surface area contributed by atoms with E-state index in [-0.39, 0.29) is 0 Å².